The molecule has 1 N–H and O–H groups in total. The fourth-order valence-corrected chi connectivity index (χ4v) is 4.58. The first-order valence-electron chi connectivity index (χ1n) is 10.8. The van der Waals surface area contributed by atoms with Crippen molar-refractivity contribution in [1.82, 2.24) is 10.2 Å². The van der Waals surface area contributed by atoms with Gasteiger partial charge in [0.1, 0.15) is 12.6 Å². The van der Waals surface area contributed by atoms with Crippen molar-refractivity contribution in [2.24, 2.45) is 0 Å². The van der Waals surface area contributed by atoms with Crippen molar-refractivity contribution in [3.8, 4) is 0 Å². The van der Waals surface area contributed by atoms with Gasteiger partial charge in [-0.3, -0.25) is 13.9 Å². The van der Waals surface area contributed by atoms with Gasteiger partial charge in [0, 0.05) is 17.6 Å². The van der Waals surface area contributed by atoms with E-state index >= 15 is 0 Å². The number of halogens is 1. The predicted molar refractivity (Wildman–Crippen MR) is 133 cm³/mol. The summed E-state index contributed by atoms with van der Waals surface area (Å²) < 4.78 is 26.1. The maximum Gasteiger partial charge on any atom is 0.244 e. The molecule has 0 heterocycles. The van der Waals surface area contributed by atoms with E-state index in [1.54, 1.807) is 18.2 Å². The number of hydrogen-bond acceptors (Lipinski definition) is 4. The van der Waals surface area contributed by atoms with Gasteiger partial charge in [0.15, 0.2) is 0 Å². The molecule has 2 aromatic rings. The minimum atomic E-state index is -3.79. The average molecular weight is 494 g/mol. The Morgan fingerprint density at radius 1 is 1.09 bits per heavy atom. The summed E-state index contributed by atoms with van der Waals surface area (Å²) in [7, 11) is -3.79. The molecule has 0 aliphatic carbocycles. The van der Waals surface area contributed by atoms with Gasteiger partial charge in [-0.05, 0) is 51.0 Å². The zero-order valence-corrected chi connectivity index (χ0v) is 21.3. The third kappa shape index (κ3) is 7.75. The molecule has 2 amide bonds. The molecule has 0 aliphatic heterocycles. The van der Waals surface area contributed by atoms with Gasteiger partial charge in [-0.15, -0.1) is 0 Å². The SMILES string of the molecule is CC[C@@H](C(=O)NC(C)C)N(Cc1cccc(C)c1)C(=O)CN(c1cccc(Cl)c1)S(C)(=O)=O. The van der Waals surface area contributed by atoms with Crippen LogP contribution in [0.15, 0.2) is 48.5 Å². The second kappa shape index (κ2) is 11.5. The number of rotatable bonds is 10. The molecular weight excluding hydrogens is 462 g/mol. The Morgan fingerprint density at radius 3 is 2.30 bits per heavy atom. The highest BCUT2D eigenvalue weighted by molar-refractivity contribution is 7.92. The third-order valence-corrected chi connectivity index (χ3v) is 6.40. The van der Waals surface area contributed by atoms with E-state index in [9.17, 15) is 18.0 Å². The van der Waals surface area contributed by atoms with Gasteiger partial charge in [0.2, 0.25) is 21.8 Å². The lowest BCUT2D eigenvalue weighted by Crippen LogP contribution is -2.53. The lowest BCUT2D eigenvalue weighted by atomic mass is 10.1. The predicted octanol–water partition coefficient (Wildman–Crippen LogP) is 3.75. The van der Waals surface area contributed by atoms with Crippen LogP contribution >= 0.6 is 11.6 Å². The van der Waals surface area contributed by atoms with E-state index < -0.39 is 28.5 Å². The van der Waals surface area contributed by atoms with Crippen LogP contribution in [0.25, 0.3) is 0 Å². The third-order valence-electron chi connectivity index (χ3n) is 5.03. The highest BCUT2D eigenvalue weighted by Crippen LogP contribution is 2.23. The van der Waals surface area contributed by atoms with Crippen molar-refractivity contribution in [3.63, 3.8) is 0 Å². The Bertz CT molecular complexity index is 1090. The van der Waals surface area contributed by atoms with E-state index in [0.29, 0.717) is 11.4 Å². The van der Waals surface area contributed by atoms with E-state index in [0.717, 1.165) is 21.7 Å². The normalized spacial score (nSPS) is 12.3. The first-order chi connectivity index (χ1) is 15.4. The number of hydrogen-bond donors (Lipinski definition) is 1. The number of sulfonamides is 1. The van der Waals surface area contributed by atoms with Crippen molar-refractivity contribution in [2.45, 2.75) is 52.7 Å². The van der Waals surface area contributed by atoms with E-state index in [2.05, 4.69) is 5.32 Å². The first-order valence-corrected chi connectivity index (χ1v) is 13.0. The van der Waals surface area contributed by atoms with Crippen LogP contribution in [-0.2, 0) is 26.2 Å². The topological polar surface area (TPSA) is 86.8 Å². The van der Waals surface area contributed by atoms with Gasteiger partial charge in [-0.1, -0.05) is 54.4 Å². The summed E-state index contributed by atoms with van der Waals surface area (Å²) in [5.41, 5.74) is 2.16. The monoisotopic (exact) mass is 493 g/mol. The molecule has 0 fully saturated rings. The lowest BCUT2D eigenvalue weighted by molar-refractivity contribution is -0.140. The van der Waals surface area contributed by atoms with Gasteiger partial charge < -0.3 is 10.2 Å². The fraction of sp³-hybridized carbons (Fsp3) is 0.417. The van der Waals surface area contributed by atoms with E-state index in [-0.39, 0.29) is 24.2 Å². The highest BCUT2D eigenvalue weighted by atomic mass is 35.5. The largest absolute Gasteiger partial charge is 0.352 e. The molecule has 2 aromatic carbocycles. The van der Waals surface area contributed by atoms with Gasteiger partial charge in [0.25, 0.3) is 0 Å². The zero-order valence-electron chi connectivity index (χ0n) is 19.7. The van der Waals surface area contributed by atoms with Crippen LogP contribution < -0.4 is 9.62 Å². The van der Waals surface area contributed by atoms with Crippen molar-refractivity contribution < 1.29 is 18.0 Å². The van der Waals surface area contributed by atoms with Crippen LogP contribution in [0.4, 0.5) is 5.69 Å². The molecule has 9 heteroatoms. The molecule has 2 rings (SSSR count). The summed E-state index contributed by atoms with van der Waals surface area (Å²) in [5, 5.41) is 3.22. The molecule has 180 valence electrons. The summed E-state index contributed by atoms with van der Waals surface area (Å²) in [6, 6.07) is 13.1. The van der Waals surface area contributed by atoms with Crippen molar-refractivity contribution in [3.05, 3.63) is 64.7 Å². The number of amides is 2. The summed E-state index contributed by atoms with van der Waals surface area (Å²) in [6.07, 6.45) is 1.42. The standard InChI is InChI=1S/C24H32ClN3O4S/c1-6-22(24(30)26-17(2)3)27(15-19-10-7-9-18(4)13-19)23(29)16-28(33(5,31)32)21-12-8-11-20(25)14-21/h7-14,17,22H,6,15-16H2,1-5H3,(H,26,30)/t22-/m0/s1. The van der Waals surface area contributed by atoms with E-state index in [1.807, 2.05) is 52.0 Å². The number of benzene rings is 2. The minimum absolute atomic E-state index is 0.0959. The van der Waals surface area contributed by atoms with Crippen LogP contribution in [0.3, 0.4) is 0 Å². The maximum absolute atomic E-state index is 13.5. The maximum atomic E-state index is 13.5. The molecule has 0 saturated heterocycles. The lowest BCUT2D eigenvalue weighted by Gasteiger charge is -2.33. The van der Waals surface area contributed by atoms with Gasteiger partial charge >= 0.3 is 0 Å². The summed E-state index contributed by atoms with van der Waals surface area (Å²) in [4.78, 5) is 27.9. The molecular formula is C24H32ClN3O4S. The van der Waals surface area contributed by atoms with Crippen molar-refractivity contribution in [1.29, 1.82) is 0 Å². The second-order valence-corrected chi connectivity index (χ2v) is 10.7. The van der Waals surface area contributed by atoms with Gasteiger partial charge in [0.05, 0.1) is 11.9 Å². The Kier molecular flexibility index (Phi) is 9.31. The van der Waals surface area contributed by atoms with Gasteiger partial charge in [-0.2, -0.15) is 0 Å². The Morgan fingerprint density at radius 2 is 1.76 bits per heavy atom. The summed E-state index contributed by atoms with van der Waals surface area (Å²) in [5.74, 6) is -0.755. The number of carbonyl (C=O) groups excluding carboxylic acids is 2. The molecule has 0 aromatic heterocycles. The molecule has 0 unspecified atom stereocenters. The van der Waals surface area contributed by atoms with Crippen LogP contribution in [-0.4, -0.2) is 50.0 Å². The first kappa shape index (κ1) is 26.7. The van der Waals surface area contributed by atoms with Crippen LogP contribution in [0.5, 0.6) is 0 Å². The number of nitrogens with one attached hydrogen (secondary N) is 1. The zero-order chi connectivity index (χ0) is 24.8. The van der Waals surface area contributed by atoms with Crippen molar-refractivity contribution in [2.75, 3.05) is 17.1 Å². The number of carbonyl (C=O) groups is 2. The fourth-order valence-electron chi connectivity index (χ4n) is 3.55. The summed E-state index contributed by atoms with van der Waals surface area (Å²) in [6.45, 7) is 7.20. The van der Waals surface area contributed by atoms with E-state index in [4.69, 9.17) is 11.6 Å². The molecule has 0 spiro atoms. The van der Waals surface area contributed by atoms with Crippen molar-refractivity contribution >= 4 is 39.1 Å². The molecule has 0 bridgehead atoms. The molecule has 7 nitrogen and oxygen atoms in total. The number of aryl methyl sites for hydroxylation is 1. The van der Waals surface area contributed by atoms with E-state index in [1.165, 1.54) is 11.0 Å². The minimum Gasteiger partial charge on any atom is -0.352 e. The molecule has 0 aliphatic rings. The molecule has 1 atom stereocenters. The Labute approximate surface area is 201 Å². The Hall–Kier alpha value is -2.58. The molecule has 0 saturated carbocycles. The number of anilines is 1. The molecule has 33 heavy (non-hydrogen) atoms. The summed E-state index contributed by atoms with van der Waals surface area (Å²) >= 11 is 6.05. The van der Waals surface area contributed by atoms with Crippen LogP contribution in [0.2, 0.25) is 5.02 Å². The average Bonchev–Trinajstić information content (AvgIpc) is 2.70. The smallest absolute Gasteiger partial charge is 0.244 e. The quantitative estimate of drug-likeness (QED) is 0.546. The Balaban J connectivity index is 2.44. The number of nitrogens with zero attached hydrogens (tertiary/aromatic N) is 2. The second-order valence-electron chi connectivity index (χ2n) is 8.35. The molecule has 0 radical (unpaired) electrons. The highest BCUT2D eigenvalue weighted by Gasteiger charge is 2.32. The van der Waals surface area contributed by atoms with Crippen LogP contribution in [0, 0.1) is 6.92 Å². The van der Waals surface area contributed by atoms with Crippen LogP contribution in [0.1, 0.15) is 38.3 Å². The van der Waals surface area contributed by atoms with Gasteiger partial charge in [-0.25, -0.2) is 8.42 Å².